The zero-order chi connectivity index (χ0) is 11.4. The summed E-state index contributed by atoms with van der Waals surface area (Å²) in [7, 11) is 2.06. The average molecular weight is 218 g/mol. The van der Waals surface area contributed by atoms with Crippen molar-refractivity contribution < 1.29 is 0 Å². The number of nitrogens with one attached hydrogen (secondary N) is 1. The highest BCUT2D eigenvalue weighted by atomic mass is 14.8. The van der Waals surface area contributed by atoms with Gasteiger partial charge in [0.05, 0.1) is 0 Å². The number of aryl methyl sites for hydroxylation is 1. The van der Waals surface area contributed by atoms with Crippen LogP contribution in [-0.2, 0) is 0 Å². The Balaban J connectivity index is 2.16. The van der Waals surface area contributed by atoms with Gasteiger partial charge in [-0.15, -0.1) is 0 Å². The van der Waals surface area contributed by atoms with Gasteiger partial charge in [0, 0.05) is 12.4 Å². The Morgan fingerprint density at radius 1 is 1.31 bits per heavy atom. The van der Waals surface area contributed by atoms with E-state index in [1.54, 1.807) is 0 Å². The van der Waals surface area contributed by atoms with E-state index >= 15 is 0 Å². The summed E-state index contributed by atoms with van der Waals surface area (Å²) in [6.07, 6.45) is 9.46. The van der Waals surface area contributed by atoms with E-state index in [0.717, 1.165) is 12.5 Å². The minimum Gasteiger partial charge on any atom is -0.319 e. The van der Waals surface area contributed by atoms with Crippen LogP contribution in [0, 0.1) is 12.8 Å². The minimum absolute atomic E-state index is 0.716. The molecular weight excluding hydrogens is 196 g/mol. The lowest BCUT2D eigenvalue weighted by molar-refractivity contribution is 0.300. The molecule has 1 saturated carbocycles. The second-order valence-electron chi connectivity index (χ2n) is 5.00. The fraction of sp³-hybridized carbons (Fsp3) is 0.643. The van der Waals surface area contributed by atoms with Gasteiger partial charge in [0.15, 0.2) is 0 Å². The largest absolute Gasteiger partial charge is 0.319 e. The van der Waals surface area contributed by atoms with E-state index in [2.05, 4.69) is 36.5 Å². The summed E-state index contributed by atoms with van der Waals surface area (Å²) >= 11 is 0. The van der Waals surface area contributed by atoms with Gasteiger partial charge in [-0.3, -0.25) is 4.98 Å². The van der Waals surface area contributed by atoms with E-state index in [9.17, 15) is 0 Å². The number of hydrogen-bond acceptors (Lipinski definition) is 2. The van der Waals surface area contributed by atoms with E-state index in [-0.39, 0.29) is 0 Å². The van der Waals surface area contributed by atoms with Crippen molar-refractivity contribution in [3.8, 4) is 0 Å². The zero-order valence-corrected chi connectivity index (χ0v) is 10.4. The minimum atomic E-state index is 0.716. The molecule has 88 valence electrons. The zero-order valence-electron chi connectivity index (χ0n) is 10.4. The van der Waals surface area contributed by atoms with E-state index in [1.165, 1.54) is 36.8 Å². The van der Waals surface area contributed by atoms with Crippen LogP contribution < -0.4 is 5.32 Å². The highest BCUT2D eigenvalue weighted by Gasteiger charge is 2.25. The molecule has 2 rings (SSSR count). The molecule has 1 N–H and O–H groups in total. The van der Waals surface area contributed by atoms with Gasteiger partial charge in [0.25, 0.3) is 0 Å². The lowest BCUT2D eigenvalue weighted by Gasteiger charge is -2.31. The van der Waals surface area contributed by atoms with Crippen molar-refractivity contribution in [3.05, 3.63) is 29.6 Å². The van der Waals surface area contributed by atoms with E-state index < -0.39 is 0 Å². The lowest BCUT2D eigenvalue weighted by atomic mass is 9.75. The predicted molar refractivity (Wildman–Crippen MR) is 67.6 cm³/mol. The summed E-state index contributed by atoms with van der Waals surface area (Å²) in [5.74, 6) is 1.51. The van der Waals surface area contributed by atoms with Gasteiger partial charge in [0.1, 0.15) is 0 Å². The molecule has 0 aromatic carbocycles. The van der Waals surface area contributed by atoms with Crippen LogP contribution in [0.15, 0.2) is 18.5 Å². The van der Waals surface area contributed by atoms with Crippen molar-refractivity contribution in [2.45, 2.75) is 38.5 Å². The van der Waals surface area contributed by atoms with Gasteiger partial charge >= 0.3 is 0 Å². The Morgan fingerprint density at radius 3 is 2.88 bits per heavy atom. The SMILES string of the molecule is CNCC1CCCCC1c1cncc(C)c1. The van der Waals surface area contributed by atoms with Gasteiger partial charge in [-0.1, -0.05) is 18.9 Å². The second kappa shape index (κ2) is 5.44. The van der Waals surface area contributed by atoms with Crippen molar-refractivity contribution in [2.24, 2.45) is 5.92 Å². The molecule has 2 heteroatoms. The molecule has 2 nitrogen and oxygen atoms in total. The monoisotopic (exact) mass is 218 g/mol. The van der Waals surface area contributed by atoms with E-state index in [0.29, 0.717) is 5.92 Å². The van der Waals surface area contributed by atoms with Crippen molar-refractivity contribution in [2.75, 3.05) is 13.6 Å². The van der Waals surface area contributed by atoms with Crippen LogP contribution in [0.1, 0.15) is 42.7 Å². The van der Waals surface area contributed by atoms with Crippen molar-refractivity contribution >= 4 is 0 Å². The first-order valence-electron chi connectivity index (χ1n) is 6.37. The number of hydrogen-bond donors (Lipinski definition) is 1. The molecule has 0 saturated heterocycles. The van der Waals surface area contributed by atoms with Crippen LogP contribution in [0.4, 0.5) is 0 Å². The number of rotatable bonds is 3. The van der Waals surface area contributed by atoms with Gasteiger partial charge < -0.3 is 5.32 Å². The normalized spacial score (nSPS) is 25.6. The molecule has 0 bridgehead atoms. The Hall–Kier alpha value is -0.890. The van der Waals surface area contributed by atoms with Crippen LogP contribution in [0.2, 0.25) is 0 Å². The van der Waals surface area contributed by atoms with Crippen molar-refractivity contribution in [3.63, 3.8) is 0 Å². The highest BCUT2D eigenvalue weighted by Crippen LogP contribution is 2.37. The van der Waals surface area contributed by atoms with Gasteiger partial charge in [-0.2, -0.15) is 0 Å². The third kappa shape index (κ3) is 2.62. The van der Waals surface area contributed by atoms with Gasteiger partial charge in [-0.05, 0) is 56.3 Å². The summed E-state index contributed by atoms with van der Waals surface area (Å²) < 4.78 is 0. The molecule has 2 unspecified atom stereocenters. The van der Waals surface area contributed by atoms with E-state index in [1.807, 2.05) is 6.20 Å². The molecule has 16 heavy (non-hydrogen) atoms. The number of pyridine rings is 1. The van der Waals surface area contributed by atoms with Gasteiger partial charge in [0.2, 0.25) is 0 Å². The molecular formula is C14H22N2. The first kappa shape index (κ1) is 11.6. The van der Waals surface area contributed by atoms with Crippen LogP contribution in [0.3, 0.4) is 0 Å². The maximum atomic E-state index is 4.33. The molecule has 0 amide bonds. The average Bonchev–Trinajstić information content (AvgIpc) is 2.30. The summed E-state index contributed by atoms with van der Waals surface area (Å²) in [6, 6.07) is 2.31. The molecule has 0 spiro atoms. The Morgan fingerprint density at radius 2 is 2.12 bits per heavy atom. The molecule has 1 heterocycles. The van der Waals surface area contributed by atoms with Gasteiger partial charge in [-0.25, -0.2) is 0 Å². The third-order valence-electron chi connectivity index (χ3n) is 3.70. The maximum Gasteiger partial charge on any atom is 0.0303 e. The van der Waals surface area contributed by atoms with Crippen LogP contribution >= 0.6 is 0 Å². The molecule has 1 fully saturated rings. The van der Waals surface area contributed by atoms with Crippen LogP contribution in [0.5, 0.6) is 0 Å². The van der Waals surface area contributed by atoms with E-state index in [4.69, 9.17) is 0 Å². The van der Waals surface area contributed by atoms with Crippen molar-refractivity contribution in [1.82, 2.24) is 10.3 Å². The Labute approximate surface area is 98.5 Å². The summed E-state index contributed by atoms with van der Waals surface area (Å²) in [5.41, 5.74) is 2.73. The first-order valence-corrected chi connectivity index (χ1v) is 6.37. The predicted octanol–water partition coefficient (Wildman–Crippen LogP) is 2.88. The topological polar surface area (TPSA) is 24.9 Å². The number of nitrogens with zero attached hydrogens (tertiary/aromatic N) is 1. The first-order chi connectivity index (χ1) is 7.81. The summed E-state index contributed by atoms with van der Waals surface area (Å²) in [6.45, 7) is 3.27. The third-order valence-corrected chi connectivity index (χ3v) is 3.70. The fourth-order valence-corrected chi connectivity index (χ4v) is 2.93. The number of aromatic nitrogens is 1. The highest BCUT2D eigenvalue weighted by molar-refractivity contribution is 5.22. The molecule has 1 aliphatic carbocycles. The molecule has 2 atom stereocenters. The molecule has 0 aliphatic heterocycles. The molecule has 0 radical (unpaired) electrons. The Kier molecular flexibility index (Phi) is 3.94. The van der Waals surface area contributed by atoms with Crippen LogP contribution in [0.25, 0.3) is 0 Å². The smallest absolute Gasteiger partial charge is 0.0303 e. The quantitative estimate of drug-likeness (QED) is 0.844. The molecule has 1 aromatic rings. The maximum absolute atomic E-state index is 4.33. The van der Waals surface area contributed by atoms with Crippen molar-refractivity contribution in [1.29, 1.82) is 0 Å². The molecule has 1 aromatic heterocycles. The fourth-order valence-electron chi connectivity index (χ4n) is 2.93. The molecule has 1 aliphatic rings. The second-order valence-corrected chi connectivity index (χ2v) is 5.00. The summed E-state index contributed by atoms with van der Waals surface area (Å²) in [5, 5.41) is 3.33. The standard InChI is InChI=1S/C14H22N2/c1-11-7-13(10-16-8-11)14-6-4-3-5-12(14)9-15-2/h7-8,10,12,14-15H,3-6,9H2,1-2H3. The lowest BCUT2D eigenvalue weighted by Crippen LogP contribution is -2.27. The van der Waals surface area contributed by atoms with Crippen LogP contribution in [-0.4, -0.2) is 18.6 Å². The Bertz CT molecular complexity index is 333. The summed E-state index contributed by atoms with van der Waals surface area (Å²) in [4.78, 5) is 4.33.